The highest BCUT2D eigenvalue weighted by atomic mass is 19.4. The number of hydrogen-bond acceptors (Lipinski definition) is 4. The summed E-state index contributed by atoms with van der Waals surface area (Å²) in [5, 5.41) is 2.93. The predicted octanol–water partition coefficient (Wildman–Crippen LogP) is 3.15. The van der Waals surface area contributed by atoms with E-state index in [0.717, 1.165) is 25.0 Å². The van der Waals surface area contributed by atoms with Crippen LogP contribution in [0.2, 0.25) is 0 Å². The van der Waals surface area contributed by atoms with Gasteiger partial charge in [-0.2, -0.15) is 13.2 Å². The van der Waals surface area contributed by atoms with Gasteiger partial charge in [-0.3, -0.25) is 0 Å². The normalized spacial score (nSPS) is 16.7. The zero-order chi connectivity index (χ0) is 15.3. The average molecular weight is 303 g/mol. The van der Waals surface area contributed by atoms with Gasteiger partial charge >= 0.3 is 6.18 Å². The number of ether oxygens (including phenoxy) is 1. The first-order chi connectivity index (χ1) is 10.0. The molecular weight excluding hydrogens is 283 g/mol. The van der Waals surface area contributed by atoms with Crippen molar-refractivity contribution in [2.24, 2.45) is 0 Å². The SMILES string of the molecule is CCCNc1cc(C(F)(F)F)cc(N2CCCOCC2)n1. The summed E-state index contributed by atoms with van der Waals surface area (Å²) in [6.07, 6.45) is -2.76. The fraction of sp³-hybridized carbons (Fsp3) is 0.643. The number of rotatable bonds is 4. The van der Waals surface area contributed by atoms with Crippen LogP contribution in [0.4, 0.5) is 24.8 Å². The van der Waals surface area contributed by atoms with E-state index in [0.29, 0.717) is 38.7 Å². The van der Waals surface area contributed by atoms with Crippen LogP contribution in [0.25, 0.3) is 0 Å². The highest BCUT2D eigenvalue weighted by Gasteiger charge is 2.32. The van der Waals surface area contributed by atoms with Crippen molar-refractivity contribution in [2.45, 2.75) is 25.9 Å². The summed E-state index contributed by atoms with van der Waals surface area (Å²) in [7, 11) is 0. The van der Waals surface area contributed by atoms with Crippen molar-refractivity contribution in [3.05, 3.63) is 17.7 Å². The second kappa shape index (κ2) is 6.98. The smallest absolute Gasteiger partial charge is 0.380 e. The summed E-state index contributed by atoms with van der Waals surface area (Å²) in [6.45, 7) is 4.90. The van der Waals surface area contributed by atoms with E-state index in [1.807, 2.05) is 11.8 Å². The fourth-order valence-electron chi connectivity index (χ4n) is 2.16. The van der Waals surface area contributed by atoms with Crippen molar-refractivity contribution in [2.75, 3.05) is 43.1 Å². The van der Waals surface area contributed by atoms with Gasteiger partial charge in [-0.1, -0.05) is 6.92 Å². The molecule has 1 N–H and O–H groups in total. The van der Waals surface area contributed by atoms with Gasteiger partial charge in [0.1, 0.15) is 11.6 Å². The summed E-state index contributed by atoms with van der Waals surface area (Å²) in [5.74, 6) is 0.626. The summed E-state index contributed by atoms with van der Waals surface area (Å²) < 4.78 is 44.4. The van der Waals surface area contributed by atoms with Crippen LogP contribution in [-0.2, 0) is 10.9 Å². The van der Waals surface area contributed by atoms with Crippen LogP contribution in [0, 0.1) is 0 Å². The van der Waals surface area contributed by atoms with E-state index in [1.165, 1.54) is 0 Å². The van der Waals surface area contributed by atoms with Gasteiger partial charge in [0, 0.05) is 26.2 Å². The Balaban J connectivity index is 2.29. The van der Waals surface area contributed by atoms with Crippen LogP contribution < -0.4 is 10.2 Å². The van der Waals surface area contributed by atoms with E-state index in [2.05, 4.69) is 10.3 Å². The molecule has 21 heavy (non-hydrogen) atoms. The van der Waals surface area contributed by atoms with Crippen LogP contribution in [0.1, 0.15) is 25.3 Å². The Morgan fingerprint density at radius 3 is 2.81 bits per heavy atom. The molecule has 0 aromatic carbocycles. The predicted molar refractivity (Wildman–Crippen MR) is 75.7 cm³/mol. The van der Waals surface area contributed by atoms with E-state index in [1.54, 1.807) is 0 Å². The van der Waals surface area contributed by atoms with Crippen molar-refractivity contribution < 1.29 is 17.9 Å². The third-order valence-corrected chi connectivity index (χ3v) is 3.24. The maximum Gasteiger partial charge on any atom is 0.416 e. The Labute approximate surface area is 122 Å². The molecular formula is C14H20F3N3O. The number of alkyl halides is 3. The zero-order valence-electron chi connectivity index (χ0n) is 12.0. The first kappa shape index (κ1) is 15.9. The number of pyridine rings is 1. The summed E-state index contributed by atoms with van der Waals surface area (Å²) in [4.78, 5) is 6.16. The third-order valence-electron chi connectivity index (χ3n) is 3.24. The van der Waals surface area contributed by atoms with Gasteiger partial charge in [-0.15, -0.1) is 0 Å². The van der Waals surface area contributed by atoms with Crippen LogP contribution in [0.3, 0.4) is 0 Å². The van der Waals surface area contributed by atoms with E-state index in [4.69, 9.17) is 4.74 Å². The molecule has 2 heterocycles. The van der Waals surface area contributed by atoms with Crippen LogP contribution >= 0.6 is 0 Å². The number of aromatic nitrogens is 1. The monoisotopic (exact) mass is 303 g/mol. The Hall–Kier alpha value is -1.50. The lowest BCUT2D eigenvalue weighted by atomic mass is 10.2. The standard InChI is InChI=1S/C14H20F3N3O/c1-2-4-18-12-9-11(14(15,16)17)10-13(19-12)20-5-3-7-21-8-6-20/h9-10H,2-8H2,1H3,(H,18,19). The topological polar surface area (TPSA) is 37.4 Å². The van der Waals surface area contributed by atoms with E-state index in [-0.39, 0.29) is 5.82 Å². The number of halogens is 3. The van der Waals surface area contributed by atoms with Crippen LogP contribution in [0.15, 0.2) is 12.1 Å². The maximum atomic E-state index is 13.0. The Morgan fingerprint density at radius 2 is 2.10 bits per heavy atom. The largest absolute Gasteiger partial charge is 0.416 e. The first-order valence-corrected chi connectivity index (χ1v) is 7.16. The first-order valence-electron chi connectivity index (χ1n) is 7.16. The fourth-order valence-corrected chi connectivity index (χ4v) is 2.16. The van der Waals surface area contributed by atoms with Gasteiger partial charge in [0.2, 0.25) is 0 Å². The zero-order valence-corrected chi connectivity index (χ0v) is 12.0. The van der Waals surface area contributed by atoms with Gasteiger partial charge in [0.15, 0.2) is 0 Å². The molecule has 0 aliphatic carbocycles. The molecule has 4 nitrogen and oxygen atoms in total. The van der Waals surface area contributed by atoms with Gasteiger partial charge < -0.3 is 15.0 Å². The lowest BCUT2D eigenvalue weighted by molar-refractivity contribution is -0.137. The molecule has 0 amide bonds. The number of nitrogens with zero attached hydrogens (tertiary/aromatic N) is 2. The molecule has 0 radical (unpaired) electrons. The second-order valence-electron chi connectivity index (χ2n) is 4.98. The molecule has 7 heteroatoms. The van der Waals surface area contributed by atoms with E-state index in [9.17, 15) is 13.2 Å². The molecule has 1 aliphatic heterocycles. The highest BCUT2D eigenvalue weighted by molar-refractivity contribution is 5.51. The van der Waals surface area contributed by atoms with Crippen molar-refractivity contribution in [3.8, 4) is 0 Å². The minimum Gasteiger partial charge on any atom is -0.380 e. The Kier molecular flexibility index (Phi) is 5.27. The third kappa shape index (κ3) is 4.49. The number of hydrogen-bond donors (Lipinski definition) is 1. The van der Waals surface area contributed by atoms with Gasteiger partial charge in [-0.25, -0.2) is 4.98 Å². The van der Waals surface area contributed by atoms with Crippen molar-refractivity contribution in [3.63, 3.8) is 0 Å². The van der Waals surface area contributed by atoms with Gasteiger partial charge in [0.05, 0.1) is 12.2 Å². The van der Waals surface area contributed by atoms with Gasteiger partial charge in [0.25, 0.3) is 0 Å². The quantitative estimate of drug-likeness (QED) is 0.927. The lowest BCUT2D eigenvalue weighted by Crippen LogP contribution is -2.27. The van der Waals surface area contributed by atoms with E-state index >= 15 is 0 Å². The van der Waals surface area contributed by atoms with Crippen LogP contribution in [0.5, 0.6) is 0 Å². The summed E-state index contributed by atoms with van der Waals surface area (Å²) >= 11 is 0. The number of anilines is 2. The molecule has 1 saturated heterocycles. The molecule has 1 fully saturated rings. The molecule has 118 valence electrons. The molecule has 1 aromatic rings. The van der Waals surface area contributed by atoms with E-state index < -0.39 is 11.7 Å². The average Bonchev–Trinajstić information content (AvgIpc) is 2.73. The molecule has 0 bridgehead atoms. The Bertz CT molecular complexity index is 457. The van der Waals surface area contributed by atoms with Crippen molar-refractivity contribution in [1.29, 1.82) is 0 Å². The molecule has 1 aromatic heterocycles. The molecule has 0 saturated carbocycles. The minimum absolute atomic E-state index is 0.270. The summed E-state index contributed by atoms with van der Waals surface area (Å²) in [6, 6.07) is 2.18. The highest BCUT2D eigenvalue weighted by Crippen LogP contribution is 2.33. The Morgan fingerprint density at radius 1 is 1.29 bits per heavy atom. The number of nitrogens with one attached hydrogen (secondary N) is 1. The minimum atomic E-state index is -4.37. The summed E-state index contributed by atoms with van der Waals surface area (Å²) in [5.41, 5.74) is -0.670. The maximum absolute atomic E-state index is 13.0. The van der Waals surface area contributed by atoms with Crippen molar-refractivity contribution >= 4 is 11.6 Å². The lowest BCUT2D eigenvalue weighted by Gasteiger charge is -2.23. The molecule has 0 unspecified atom stereocenters. The van der Waals surface area contributed by atoms with Crippen molar-refractivity contribution in [1.82, 2.24) is 4.98 Å². The molecule has 1 aliphatic rings. The molecule has 0 spiro atoms. The second-order valence-corrected chi connectivity index (χ2v) is 4.98. The van der Waals surface area contributed by atoms with Crippen LogP contribution in [-0.4, -0.2) is 37.8 Å². The molecule has 2 rings (SSSR count). The van der Waals surface area contributed by atoms with Gasteiger partial charge in [-0.05, 0) is 25.0 Å². The molecule has 0 atom stereocenters.